The zero-order chi connectivity index (χ0) is 19.3. The van der Waals surface area contributed by atoms with E-state index in [1.807, 2.05) is 0 Å². The van der Waals surface area contributed by atoms with Gasteiger partial charge in [-0.15, -0.1) is 0 Å². The summed E-state index contributed by atoms with van der Waals surface area (Å²) < 4.78 is 13.7. The summed E-state index contributed by atoms with van der Waals surface area (Å²) >= 11 is 5.64. The van der Waals surface area contributed by atoms with Crippen LogP contribution in [-0.2, 0) is 14.4 Å². The van der Waals surface area contributed by atoms with Crippen molar-refractivity contribution in [1.29, 1.82) is 0 Å². The lowest BCUT2D eigenvalue weighted by atomic mass is 10.0. The van der Waals surface area contributed by atoms with Gasteiger partial charge in [0.25, 0.3) is 0 Å². The molecule has 2 atom stereocenters. The summed E-state index contributed by atoms with van der Waals surface area (Å²) in [6.45, 7) is 1.53. The molecular weight excluding hydrogens is 363 g/mol. The topological polar surface area (TPSA) is 95.5 Å². The molecule has 0 aromatic heterocycles. The number of carboxylic acids is 1. The zero-order valence-electron chi connectivity index (χ0n) is 14.4. The van der Waals surface area contributed by atoms with Crippen molar-refractivity contribution in [2.24, 2.45) is 5.92 Å². The largest absolute Gasteiger partial charge is 0.481 e. The average molecular weight is 385 g/mol. The number of benzene rings is 1. The van der Waals surface area contributed by atoms with Crippen molar-refractivity contribution in [3.05, 3.63) is 34.6 Å². The molecule has 0 saturated heterocycles. The summed E-state index contributed by atoms with van der Waals surface area (Å²) in [5, 5.41) is 14.2. The van der Waals surface area contributed by atoms with E-state index < -0.39 is 36.2 Å². The number of hydrogen-bond donors (Lipinski definition) is 3. The SMILES string of the molecule is CC(NC(=O)C1CCCC1)C(=O)NC(CC(=O)O)c1ccc(Cl)c(F)c1. The number of aliphatic carboxylic acids is 1. The van der Waals surface area contributed by atoms with E-state index in [1.54, 1.807) is 0 Å². The van der Waals surface area contributed by atoms with Crippen molar-refractivity contribution in [1.82, 2.24) is 10.6 Å². The summed E-state index contributed by atoms with van der Waals surface area (Å²) in [6, 6.07) is 2.10. The first-order valence-corrected chi connectivity index (χ1v) is 8.93. The van der Waals surface area contributed by atoms with Crippen LogP contribution in [0.25, 0.3) is 0 Å². The molecule has 142 valence electrons. The smallest absolute Gasteiger partial charge is 0.305 e. The molecule has 26 heavy (non-hydrogen) atoms. The van der Waals surface area contributed by atoms with Crippen LogP contribution in [0.4, 0.5) is 4.39 Å². The van der Waals surface area contributed by atoms with Gasteiger partial charge in [0.15, 0.2) is 0 Å². The second kappa shape index (κ2) is 8.98. The van der Waals surface area contributed by atoms with E-state index in [2.05, 4.69) is 10.6 Å². The van der Waals surface area contributed by atoms with Crippen molar-refractivity contribution in [3.63, 3.8) is 0 Å². The molecule has 0 spiro atoms. The standard InChI is InChI=1S/C18H22ClFN2O4/c1-10(21-18(26)11-4-2-3-5-11)17(25)22-15(9-16(23)24)12-6-7-13(19)14(20)8-12/h6-8,10-11,15H,2-5,9H2,1H3,(H,21,26)(H,22,25)(H,23,24). The van der Waals surface area contributed by atoms with Crippen molar-refractivity contribution in [2.75, 3.05) is 0 Å². The number of amides is 2. The highest BCUT2D eigenvalue weighted by Crippen LogP contribution is 2.25. The molecular formula is C18H22ClFN2O4. The van der Waals surface area contributed by atoms with E-state index in [4.69, 9.17) is 16.7 Å². The van der Waals surface area contributed by atoms with Crippen LogP contribution in [0.3, 0.4) is 0 Å². The Morgan fingerprint density at radius 2 is 1.92 bits per heavy atom. The molecule has 1 aliphatic rings. The van der Waals surface area contributed by atoms with Gasteiger partial charge in [0, 0.05) is 5.92 Å². The summed E-state index contributed by atoms with van der Waals surface area (Å²) in [6.07, 6.45) is 3.21. The molecule has 1 aromatic carbocycles. The molecule has 1 aromatic rings. The quantitative estimate of drug-likeness (QED) is 0.673. The maximum atomic E-state index is 13.7. The molecule has 6 nitrogen and oxygen atoms in total. The van der Waals surface area contributed by atoms with E-state index in [0.29, 0.717) is 0 Å². The molecule has 8 heteroatoms. The number of hydrogen-bond acceptors (Lipinski definition) is 3. The minimum atomic E-state index is -1.15. The lowest BCUT2D eigenvalue weighted by Gasteiger charge is -2.22. The van der Waals surface area contributed by atoms with Crippen molar-refractivity contribution in [3.8, 4) is 0 Å². The number of carbonyl (C=O) groups is 3. The fraction of sp³-hybridized carbons (Fsp3) is 0.500. The molecule has 2 rings (SSSR count). The Bertz CT molecular complexity index is 692. The number of carbonyl (C=O) groups excluding carboxylic acids is 2. The van der Waals surface area contributed by atoms with Crippen LogP contribution in [0.1, 0.15) is 50.6 Å². The Labute approximate surface area is 156 Å². The number of rotatable bonds is 7. The molecule has 1 saturated carbocycles. The fourth-order valence-electron chi connectivity index (χ4n) is 3.04. The highest BCUT2D eigenvalue weighted by molar-refractivity contribution is 6.30. The van der Waals surface area contributed by atoms with E-state index in [0.717, 1.165) is 31.7 Å². The second-order valence-electron chi connectivity index (χ2n) is 6.54. The first-order valence-electron chi connectivity index (χ1n) is 8.55. The third kappa shape index (κ3) is 5.42. The van der Waals surface area contributed by atoms with E-state index in [1.165, 1.54) is 19.1 Å². The Balaban J connectivity index is 2.03. The van der Waals surface area contributed by atoms with Crippen LogP contribution < -0.4 is 10.6 Å². The van der Waals surface area contributed by atoms with Crippen molar-refractivity contribution >= 4 is 29.4 Å². The molecule has 1 aliphatic carbocycles. The Kier molecular flexibility index (Phi) is 6.97. The molecule has 2 unspecified atom stereocenters. The molecule has 1 fully saturated rings. The minimum absolute atomic E-state index is 0.0783. The second-order valence-corrected chi connectivity index (χ2v) is 6.95. The summed E-state index contributed by atoms with van der Waals surface area (Å²) in [5.41, 5.74) is 0.289. The maximum absolute atomic E-state index is 13.7. The van der Waals surface area contributed by atoms with Crippen LogP contribution in [0.15, 0.2) is 18.2 Å². The van der Waals surface area contributed by atoms with Crippen molar-refractivity contribution < 1.29 is 23.9 Å². The van der Waals surface area contributed by atoms with Gasteiger partial charge in [-0.2, -0.15) is 0 Å². The number of halogens is 2. The Morgan fingerprint density at radius 3 is 2.50 bits per heavy atom. The zero-order valence-corrected chi connectivity index (χ0v) is 15.2. The molecule has 0 radical (unpaired) electrons. The van der Waals surface area contributed by atoms with Crippen LogP contribution >= 0.6 is 11.6 Å². The molecule has 0 aliphatic heterocycles. The van der Waals surface area contributed by atoms with Gasteiger partial charge in [-0.25, -0.2) is 4.39 Å². The van der Waals surface area contributed by atoms with Gasteiger partial charge in [0.05, 0.1) is 17.5 Å². The number of carboxylic acid groups (broad SMARTS) is 1. The summed E-state index contributed by atoms with van der Waals surface area (Å²) in [7, 11) is 0. The third-order valence-electron chi connectivity index (χ3n) is 4.52. The first-order chi connectivity index (χ1) is 12.3. The van der Waals surface area contributed by atoms with Gasteiger partial charge >= 0.3 is 5.97 Å². The average Bonchev–Trinajstić information content (AvgIpc) is 3.10. The Hall–Kier alpha value is -2.15. The normalized spacial score (nSPS) is 16.7. The van der Waals surface area contributed by atoms with Gasteiger partial charge in [-0.05, 0) is 37.5 Å². The summed E-state index contributed by atoms with van der Waals surface area (Å²) in [5.74, 6) is -2.62. The van der Waals surface area contributed by atoms with E-state index in [9.17, 15) is 18.8 Å². The summed E-state index contributed by atoms with van der Waals surface area (Å²) in [4.78, 5) is 35.6. The number of nitrogens with one attached hydrogen (secondary N) is 2. The van der Waals surface area contributed by atoms with Crippen LogP contribution in [0, 0.1) is 11.7 Å². The molecule has 0 heterocycles. The fourth-order valence-corrected chi connectivity index (χ4v) is 3.16. The minimum Gasteiger partial charge on any atom is -0.481 e. The van der Waals surface area contributed by atoms with Gasteiger partial charge in [-0.1, -0.05) is 30.5 Å². The highest BCUT2D eigenvalue weighted by atomic mass is 35.5. The van der Waals surface area contributed by atoms with Gasteiger partial charge < -0.3 is 15.7 Å². The van der Waals surface area contributed by atoms with Gasteiger partial charge in [0.1, 0.15) is 11.9 Å². The van der Waals surface area contributed by atoms with Crippen LogP contribution in [0.5, 0.6) is 0 Å². The van der Waals surface area contributed by atoms with Crippen LogP contribution in [0.2, 0.25) is 5.02 Å². The van der Waals surface area contributed by atoms with E-state index in [-0.39, 0.29) is 22.4 Å². The Morgan fingerprint density at radius 1 is 1.27 bits per heavy atom. The van der Waals surface area contributed by atoms with Gasteiger partial charge in [-0.3, -0.25) is 14.4 Å². The first kappa shape index (κ1) is 20.2. The monoisotopic (exact) mass is 384 g/mol. The highest BCUT2D eigenvalue weighted by Gasteiger charge is 2.27. The lowest BCUT2D eigenvalue weighted by Crippen LogP contribution is -2.47. The third-order valence-corrected chi connectivity index (χ3v) is 4.83. The lowest BCUT2D eigenvalue weighted by molar-refractivity contribution is -0.138. The van der Waals surface area contributed by atoms with E-state index >= 15 is 0 Å². The maximum Gasteiger partial charge on any atom is 0.305 e. The predicted octanol–water partition coefficient (Wildman–Crippen LogP) is 2.81. The predicted molar refractivity (Wildman–Crippen MR) is 94.1 cm³/mol. The van der Waals surface area contributed by atoms with Gasteiger partial charge in [0.2, 0.25) is 11.8 Å². The molecule has 2 amide bonds. The van der Waals surface area contributed by atoms with Crippen LogP contribution in [-0.4, -0.2) is 28.9 Å². The molecule has 3 N–H and O–H groups in total. The molecule has 0 bridgehead atoms. The van der Waals surface area contributed by atoms with Crippen molar-refractivity contribution in [2.45, 2.75) is 51.1 Å².